The highest BCUT2D eigenvalue weighted by atomic mass is 16.7. The van der Waals surface area contributed by atoms with Crippen molar-refractivity contribution in [3.63, 3.8) is 0 Å². The predicted octanol–water partition coefficient (Wildman–Crippen LogP) is 2.14. The Labute approximate surface area is 468 Å². The van der Waals surface area contributed by atoms with Crippen molar-refractivity contribution < 1.29 is 82.8 Å². The van der Waals surface area contributed by atoms with Gasteiger partial charge in [0.25, 0.3) is 0 Å². The van der Waals surface area contributed by atoms with Gasteiger partial charge in [0, 0.05) is 47.8 Å². The number of benzene rings is 2. The number of hydrogen-bond donors (Lipinski definition) is 9. The highest BCUT2D eigenvalue weighted by Crippen LogP contribution is 2.33. The Bertz CT molecular complexity index is 2380. The summed E-state index contributed by atoms with van der Waals surface area (Å²) in [5.41, 5.74) is 6.50. The maximum Gasteiger partial charge on any atom is 0.410 e. The number of nitrogens with zero attached hydrogens (tertiary/aromatic N) is 3. The van der Waals surface area contributed by atoms with Crippen molar-refractivity contribution in [3.8, 4) is 5.75 Å². The Hall–Kier alpha value is -5.99. The molecule has 0 bridgehead atoms. The number of carboxylic acids is 1. The molecule has 10 unspecified atom stereocenters. The molecular weight excluding hydrogens is 1040 g/mol. The molecule has 10 N–H and O–H groups in total. The molecule has 2 heterocycles. The average molecular weight is 1130 g/mol. The second kappa shape index (κ2) is 30.7. The van der Waals surface area contributed by atoms with Crippen LogP contribution < -0.4 is 26.4 Å². The number of rotatable bonds is 28. The fourth-order valence-corrected chi connectivity index (χ4v) is 10.4. The molecule has 80 heavy (non-hydrogen) atoms. The van der Waals surface area contributed by atoms with E-state index in [-0.39, 0.29) is 48.6 Å². The number of nitrogens with one attached hydrogen (secondary N) is 3. The third-order valence-electron chi connectivity index (χ3n) is 15.2. The van der Waals surface area contributed by atoms with Crippen molar-refractivity contribution in [1.82, 2.24) is 25.3 Å². The zero-order chi connectivity index (χ0) is 59.9. The number of amides is 6. The normalized spacial score (nSPS) is 22.6. The first kappa shape index (κ1) is 66.5. The summed E-state index contributed by atoms with van der Waals surface area (Å²) in [6.07, 6.45) is -11.3. The van der Waals surface area contributed by atoms with Crippen molar-refractivity contribution in [2.75, 3.05) is 46.7 Å². The van der Waals surface area contributed by atoms with Gasteiger partial charge < -0.3 is 80.7 Å². The van der Waals surface area contributed by atoms with Crippen molar-refractivity contribution in [2.24, 2.45) is 29.4 Å². The zero-order valence-corrected chi connectivity index (χ0v) is 48.1. The smallest absolute Gasteiger partial charge is 0.410 e. The molecule has 24 heteroatoms. The molecule has 6 amide bonds. The third-order valence-corrected chi connectivity index (χ3v) is 15.2. The Morgan fingerprint density at radius 1 is 0.850 bits per heavy atom. The number of anilines is 1. The Balaban J connectivity index is 1.47. The molecule has 0 saturated carbocycles. The summed E-state index contributed by atoms with van der Waals surface area (Å²) >= 11 is 0. The number of aliphatic hydroxyl groups excluding tert-OH is 4. The molecule has 2 aromatic carbocycles. The maximum atomic E-state index is 14.7. The number of aliphatic hydroxyl groups is 4. The summed E-state index contributed by atoms with van der Waals surface area (Å²) in [5, 5.41) is 59.8. The minimum Gasteiger partial charge on any atom is -0.479 e. The van der Waals surface area contributed by atoms with Crippen LogP contribution in [-0.2, 0) is 54.3 Å². The van der Waals surface area contributed by atoms with Crippen molar-refractivity contribution in [3.05, 3.63) is 59.7 Å². The van der Waals surface area contributed by atoms with Crippen LogP contribution in [-0.4, -0.2) is 196 Å². The van der Waals surface area contributed by atoms with E-state index in [1.807, 2.05) is 32.0 Å². The van der Waals surface area contributed by atoms with Crippen LogP contribution in [0.4, 0.5) is 10.5 Å². The molecule has 0 aliphatic carbocycles. The number of aliphatic carboxylic acids is 1. The number of carboxylic acid groups (broad SMARTS) is 1. The fourth-order valence-electron chi connectivity index (χ4n) is 10.4. The molecule has 2 aliphatic heterocycles. The quantitative estimate of drug-likeness (QED) is 0.0589. The Kier molecular flexibility index (Phi) is 25.5. The highest BCUT2D eigenvalue weighted by molar-refractivity contribution is 5.93. The minimum atomic E-state index is -1.97. The lowest BCUT2D eigenvalue weighted by atomic mass is 9.89. The lowest BCUT2D eigenvalue weighted by Crippen LogP contribution is -2.61. The van der Waals surface area contributed by atoms with Crippen LogP contribution in [0.15, 0.2) is 48.5 Å². The molecule has 448 valence electrons. The van der Waals surface area contributed by atoms with Crippen LogP contribution in [0.5, 0.6) is 5.75 Å². The second-order valence-corrected chi connectivity index (χ2v) is 21.6. The number of hydrogen-bond acceptors (Lipinski definition) is 17. The summed E-state index contributed by atoms with van der Waals surface area (Å²) in [7, 11) is 5.97. The Morgan fingerprint density at radius 3 is 2.09 bits per heavy atom. The molecule has 15 atom stereocenters. The van der Waals surface area contributed by atoms with Gasteiger partial charge in [-0.05, 0) is 60.8 Å². The SMILES string of the molecule is CCC(C)C(C(CC(=O)N1CCCC1C(OC)C(C)C(=O)NC(C)C(O)c1ccccc1)OC)N(C)C(=O)C(NC(=O)C(C(C)C)N(C)C(=O)OCc1ccc(O[C@@H]2O[C@H](C(=O)O)[C@@H](O)[C@H](O)[C@H]2O)c(NC(=O)CCN)c1)C(C)C. The first-order chi connectivity index (χ1) is 37.7. The molecule has 2 aromatic rings. The number of likely N-dealkylation sites (N-methyl/N-ethyl adjacent to an activating group) is 2. The molecule has 2 saturated heterocycles. The zero-order valence-electron chi connectivity index (χ0n) is 48.1. The minimum absolute atomic E-state index is 0.0190. The lowest BCUT2D eigenvalue weighted by molar-refractivity contribution is -0.271. The largest absolute Gasteiger partial charge is 0.479 e. The van der Waals surface area contributed by atoms with Crippen LogP contribution in [0.2, 0.25) is 0 Å². The summed E-state index contributed by atoms with van der Waals surface area (Å²) < 4.78 is 28.6. The molecular formula is C56H87N7O17. The second-order valence-electron chi connectivity index (χ2n) is 21.6. The van der Waals surface area contributed by atoms with Gasteiger partial charge in [-0.2, -0.15) is 0 Å². The topological polar surface area (TPSA) is 339 Å². The molecule has 0 aromatic heterocycles. The lowest BCUT2D eigenvalue weighted by Gasteiger charge is -2.41. The number of carbonyl (C=O) groups excluding carboxylic acids is 6. The molecule has 2 aliphatic rings. The van der Waals surface area contributed by atoms with Gasteiger partial charge in [0.2, 0.25) is 35.8 Å². The first-order valence-corrected chi connectivity index (χ1v) is 27.3. The van der Waals surface area contributed by atoms with Crippen LogP contribution in [0.25, 0.3) is 0 Å². The number of likely N-dealkylation sites (tertiary alicyclic amines) is 1. The summed E-state index contributed by atoms with van der Waals surface area (Å²) in [6.45, 7) is 14.4. The third kappa shape index (κ3) is 16.8. The van der Waals surface area contributed by atoms with Gasteiger partial charge in [0.1, 0.15) is 42.8 Å². The van der Waals surface area contributed by atoms with E-state index in [9.17, 15) is 59.1 Å². The van der Waals surface area contributed by atoms with Crippen LogP contribution in [0, 0.1) is 23.7 Å². The van der Waals surface area contributed by atoms with E-state index in [0.29, 0.717) is 36.9 Å². The van der Waals surface area contributed by atoms with Crippen molar-refractivity contribution in [1.29, 1.82) is 0 Å². The van der Waals surface area contributed by atoms with Gasteiger partial charge in [0.05, 0.1) is 54.5 Å². The number of nitrogens with two attached hydrogens (primary N) is 1. The van der Waals surface area contributed by atoms with Gasteiger partial charge >= 0.3 is 12.1 Å². The van der Waals surface area contributed by atoms with Gasteiger partial charge in [-0.1, -0.05) is 91.3 Å². The predicted molar refractivity (Wildman–Crippen MR) is 292 cm³/mol. The van der Waals surface area contributed by atoms with E-state index in [2.05, 4.69) is 16.0 Å². The Morgan fingerprint density at radius 2 is 1.51 bits per heavy atom. The first-order valence-electron chi connectivity index (χ1n) is 27.3. The van der Waals surface area contributed by atoms with E-state index in [4.69, 9.17) is 29.4 Å². The maximum absolute atomic E-state index is 14.7. The number of ether oxygens (including phenoxy) is 5. The fraction of sp³-hybridized carbons (Fsp3) is 0.661. The van der Waals surface area contributed by atoms with Gasteiger partial charge in [-0.3, -0.25) is 28.9 Å². The van der Waals surface area contributed by atoms with Gasteiger partial charge in [-0.25, -0.2) is 9.59 Å². The average Bonchev–Trinajstić information content (AvgIpc) is 3.91. The number of carbonyl (C=O) groups is 7. The van der Waals surface area contributed by atoms with E-state index in [1.54, 1.807) is 65.6 Å². The monoisotopic (exact) mass is 1130 g/mol. The molecule has 4 rings (SSSR count). The highest BCUT2D eigenvalue weighted by Gasteiger charge is 2.49. The van der Waals surface area contributed by atoms with Crippen LogP contribution >= 0.6 is 0 Å². The number of methoxy groups -OCH3 is 2. The molecule has 0 radical (unpaired) electrons. The molecule has 2 fully saturated rings. The summed E-state index contributed by atoms with van der Waals surface area (Å²) in [6, 6.07) is 9.20. The van der Waals surface area contributed by atoms with E-state index < -0.39 is 133 Å². The van der Waals surface area contributed by atoms with E-state index in [1.165, 1.54) is 44.4 Å². The molecule has 0 spiro atoms. The van der Waals surface area contributed by atoms with Crippen molar-refractivity contribution in [2.45, 2.75) is 173 Å². The molecule has 24 nitrogen and oxygen atoms in total. The summed E-state index contributed by atoms with van der Waals surface area (Å²) in [4.78, 5) is 99.7. The standard InChI is InChI=1S/C56H87N7O17/c1-13-31(6)44(39(76-11)27-41(65)63-25-17-20-37(63)49(77-12)32(7)51(70)58-33(8)45(66)35-18-15-14-16-19-35)61(9)53(72)42(29(2)3)60-52(71)43(30(4)5)62(10)56(75)78-28-34-21-22-38(36(26-34)59-40(64)23-24-57)79-55-48(69)46(67)47(68)50(80-55)54(73)74/h14-16,18-19,21-22,26,29-33,37,39,42-50,55,66-69H,13,17,20,23-25,27-28,57H2,1-12H3,(H,58,70)(H,59,64)(H,60,71)(H,73,74)/t31?,32?,33?,37?,39?,42?,43?,44?,45?,46-,47-,48+,49?,50-,55+/m0/s1. The van der Waals surface area contributed by atoms with Gasteiger partial charge in [-0.15, -0.1) is 0 Å². The van der Waals surface area contributed by atoms with Gasteiger partial charge in [0.15, 0.2) is 6.10 Å². The van der Waals surface area contributed by atoms with Crippen LogP contribution in [0.1, 0.15) is 105 Å². The van der Waals surface area contributed by atoms with E-state index >= 15 is 0 Å². The van der Waals surface area contributed by atoms with Crippen LogP contribution in [0.3, 0.4) is 0 Å². The van der Waals surface area contributed by atoms with Crippen molar-refractivity contribution >= 4 is 47.3 Å². The van der Waals surface area contributed by atoms with E-state index in [0.717, 1.165) is 4.90 Å². The summed E-state index contributed by atoms with van der Waals surface area (Å²) in [5.74, 6) is -5.83.